The highest BCUT2D eigenvalue weighted by atomic mass is 35.5. The van der Waals surface area contributed by atoms with Gasteiger partial charge < -0.3 is 5.32 Å². The second kappa shape index (κ2) is 7.65. The Morgan fingerprint density at radius 1 is 1.10 bits per heavy atom. The zero-order valence-electron chi connectivity index (χ0n) is 12.4. The molecule has 1 saturated heterocycles. The highest BCUT2D eigenvalue weighted by Gasteiger charge is 2.37. The van der Waals surface area contributed by atoms with E-state index in [1.165, 1.54) is 37.1 Å². The Morgan fingerprint density at radius 3 is 2.30 bits per heavy atom. The van der Waals surface area contributed by atoms with Crippen LogP contribution in [0.5, 0.6) is 0 Å². The van der Waals surface area contributed by atoms with Gasteiger partial charge in [0.15, 0.2) is 0 Å². The van der Waals surface area contributed by atoms with E-state index in [1.54, 1.807) is 5.56 Å². The zero-order chi connectivity index (χ0) is 12.5. The lowest BCUT2D eigenvalue weighted by molar-refractivity contribution is 0.155. The Morgan fingerprint density at radius 2 is 1.75 bits per heavy atom. The lowest BCUT2D eigenvalue weighted by atomic mass is 9.94. The van der Waals surface area contributed by atoms with Crippen LogP contribution in [0.15, 0.2) is 18.2 Å². The van der Waals surface area contributed by atoms with Gasteiger partial charge in [-0.05, 0) is 43.7 Å². The topological polar surface area (TPSA) is 15.3 Å². The Balaban J connectivity index is 0.000001000. The molecule has 3 rings (SSSR count). The summed E-state index contributed by atoms with van der Waals surface area (Å²) in [6.07, 6.45) is 2.84. The molecule has 4 heteroatoms. The molecule has 1 aromatic rings. The molecule has 1 atom stereocenters. The summed E-state index contributed by atoms with van der Waals surface area (Å²) < 4.78 is 0. The van der Waals surface area contributed by atoms with E-state index in [1.807, 2.05) is 0 Å². The first-order chi connectivity index (χ1) is 8.75. The van der Waals surface area contributed by atoms with Crippen molar-refractivity contribution < 1.29 is 0 Å². The Labute approximate surface area is 135 Å². The highest BCUT2D eigenvalue weighted by Crippen LogP contribution is 2.45. The predicted octanol–water partition coefficient (Wildman–Crippen LogP) is 3.50. The number of hydrogen-bond acceptors (Lipinski definition) is 2. The summed E-state index contributed by atoms with van der Waals surface area (Å²) in [5, 5.41) is 3.46. The van der Waals surface area contributed by atoms with E-state index in [0.717, 1.165) is 19.0 Å². The molecule has 0 amide bonds. The molecule has 0 aromatic heterocycles. The molecule has 1 aliphatic heterocycles. The normalized spacial score (nSPS) is 20.7. The van der Waals surface area contributed by atoms with Crippen LogP contribution in [0.1, 0.15) is 35.6 Å². The number of rotatable bonds is 3. The number of aryl methyl sites for hydroxylation is 2. The fraction of sp³-hybridized carbons (Fsp3) is 0.625. The summed E-state index contributed by atoms with van der Waals surface area (Å²) in [5.74, 6) is 0.907. The first-order valence-corrected chi connectivity index (χ1v) is 7.27. The predicted molar refractivity (Wildman–Crippen MR) is 90.3 cm³/mol. The standard InChI is InChI=1S/C16H24N2.2ClH/c1-12-3-6-15(13(2)11-12)16(14-4-5-14)18-9-7-17-8-10-18;;/h3,6,11,14,16-17H,4-5,7-10H2,1-2H3;2*1H/t16-;;/m0../s1. The molecule has 1 saturated carbocycles. The molecule has 114 valence electrons. The molecule has 0 bridgehead atoms. The Kier molecular flexibility index (Phi) is 6.80. The second-order valence-corrected chi connectivity index (χ2v) is 5.93. The van der Waals surface area contributed by atoms with Crippen molar-refractivity contribution in [2.45, 2.75) is 32.7 Å². The van der Waals surface area contributed by atoms with Crippen molar-refractivity contribution in [1.29, 1.82) is 0 Å². The number of piperazine rings is 1. The lowest BCUT2D eigenvalue weighted by Crippen LogP contribution is -2.45. The summed E-state index contributed by atoms with van der Waals surface area (Å²) >= 11 is 0. The van der Waals surface area contributed by atoms with Gasteiger partial charge in [-0.1, -0.05) is 23.8 Å². The summed E-state index contributed by atoms with van der Waals surface area (Å²) in [7, 11) is 0. The van der Waals surface area contributed by atoms with Crippen molar-refractivity contribution in [3.8, 4) is 0 Å². The van der Waals surface area contributed by atoms with Gasteiger partial charge in [0.2, 0.25) is 0 Å². The quantitative estimate of drug-likeness (QED) is 0.918. The van der Waals surface area contributed by atoms with Crippen LogP contribution in [-0.4, -0.2) is 31.1 Å². The maximum atomic E-state index is 3.46. The third-order valence-electron chi connectivity index (χ3n) is 4.36. The molecular weight excluding hydrogens is 291 g/mol. The van der Waals surface area contributed by atoms with E-state index >= 15 is 0 Å². The summed E-state index contributed by atoms with van der Waals surface area (Å²) in [6.45, 7) is 9.17. The first-order valence-electron chi connectivity index (χ1n) is 7.27. The number of hydrogen-bond donors (Lipinski definition) is 1. The average molecular weight is 317 g/mol. The van der Waals surface area contributed by atoms with Gasteiger partial charge in [-0.25, -0.2) is 0 Å². The fourth-order valence-electron chi connectivity index (χ4n) is 3.28. The van der Waals surface area contributed by atoms with Crippen LogP contribution < -0.4 is 5.32 Å². The van der Waals surface area contributed by atoms with Gasteiger partial charge in [-0.15, -0.1) is 24.8 Å². The van der Waals surface area contributed by atoms with E-state index in [0.29, 0.717) is 6.04 Å². The number of nitrogens with one attached hydrogen (secondary N) is 1. The van der Waals surface area contributed by atoms with Gasteiger partial charge in [0.25, 0.3) is 0 Å². The van der Waals surface area contributed by atoms with Crippen molar-refractivity contribution in [2.24, 2.45) is 5.92 Å². The Hall–Kier alpha value is -0.280. The molecule has 1 aromatic carbocycles. The first kappa shape index (κ1) is 17.8. The molecule has 1 aliphatic carbocycles. The monoisotopic (exact) mass is 316 g/mol. The van der Waals surface area contributed by atoms with Crippen LogP contribution in [-0.2, 0) is 0 Å². The molecule has 2 nitrogen and oxygen atoms in total. The van der Waals surface area contributed by atoms with E-state index in [-0.39, 0.29) is 24.8 Å². The molecule has 0 spiro atoms. The van der Waals surface area contributed by atoms with E-state index < -0.39 is 0 Å². The third-order valence-corrected chi connectivity index (χ3v) is 4.36. The van der Waals surface area contributed by atoms with E-state index in [9.17, 15) is 0 Å². The van der Waals surface area contributed by atoms with Gasteiger partial charge in [0.05, 0.1) is 0 Å². The molecule has 0 unspecified atom stereocenters. The molecule has 1 heterocycles. The minimum absolute atomic E-state index is 0. The van der Waals surface area contributed by atoms with Crippen molar-refractivity contribution in [3.63, 3.8) is 0 Å². The number of benzene rings is 1. The zero-order valence-corrected chi connectivity index (χ0v) is 14.0. The van der Waals surface area contributed by atoms with Gasteiger partial charge in [-0.2, -0.15) is 0 Å². The van der Waals surface area contributed by atoms with Crippen molar-refractivity contribution in [3.05, 3.63) is 34.9 Å². The van der Waals surface area contributed by atoms with Gasteiger partial charge >= 0.3 is 0 Å². The summed E-state index contributed by atoms with van der Waals surface area (Å²) in [5.41, 5.74) is 4.43. The van der Waals surface area contributed by atoms with E-state index in [4.69, 9.17) is 0 Å². The van der Waals surface area contributed by atoms with Crippen LogP contribution in [0.2, 0.25) is 0 Å². The minimum atomic E-state index is 0. The number of halogens is 2. The maximum absolute atomic E-state index is 3.46. The fourth-order valence-corrected chi connectivity index (χ4v) is 3.28. The largest absolute Gasteiger partial charge is 0.314 e. The van der Waals surface area contributed by atoms with Crippen LogP contribution >= 0.6 is 24.8 Å². The molecule has 0 radical (unpaired) electrons. The maximum Gasteiger partial charge on any atom is 0.0379 e. The Bertz CT molecular complexity index is 426. The van der Waals surface area contributed by atoms with Crippen molar-refractivity contribution >= 4 is 24.8 Å². The summed E-state index contributed by atoms with van der Waals surface area (Å²) in [4.78, 5) is 2.70. The second-order valence-electron chi connectivity index (χ2n) is 5.93. The minimum Gasteiger partial charge on any atom is -0.314 e. The highest BCUT2D eigenvalue weighted by molar-refractivity contribution is 5.85. The molecule has 20 heavy (non-hydrogen) atoms. The lowest BCUT2D eigenvalue weighted by Gasteiger charge is -2.36. The average Bonchev–Trinajstić information content (AvgIpc) is 3.18. The molecule has 2 fully saturated rings. The van der Waals surface area contributed by atoms with Crippen LogP contribution in [0.4, 0.5) is 0 Å². The molecule has 2 aliphatic rings. The van der Waals surface area contributed by atoms with E-state index in [2.05, 4.69) is 42.3 Å². The summed E-state index contributed by atoms with van der Waals surface area (Å²) in [6, 6.07) is 7.66. The van der Waals surface area contributed by atoms with Crippen molar-refractivity contribution in [2.75, 3.05) is 26.2 Å². The number of nitrogens with zero attached hydrogens (tertiary/aromatic N) is 1. The smallest absolute Gasteiger partial charge is 0.0379 e. The van der Waals surface area contributed by atoms with Crippen LogP contribution in [0.3, 0.4) is 0 Å². The van der Waals surface area contributed by atoms with Crippen molar-refractivity contribution in [1.82, 2.24) is 10.2 Å². The molecule has 1 N–H and O–H groups in total. The van der Waals surface area contributed by atoms with Gasteiger partial charge in [-0.3, -0.25) is 4.90 Å². The van der Waals surface area contributed by atoms with Crippen LogP contribution in [0, 0.1) is 19.8 Å². The van der Waals surface area contributed by atoms with Gasteiger partial charge in [0, 0.05) is 32.2 Å². The van der Waals surface area contributed by atoms with Gasteiger partial charge in [0.1, 0.15) is 0 Å². The van der Waals surface area contributed by atoms with Crippen LogP contribution in [0.25, 0.3) is 0 Å². The third kappa shape index (κ3) is 3.88. The SMILES string of the molecule is Cc1ccc([C@H](C2CC2)N2CCNCC2)c(C)c1.Cl.Cl. The molecular formula is C16H26Cl2N2.